The van der Waals surface area contributed by atoms with Gasteiger partial charge in [-0.1, -0.05) is 6.07 Å². The van der Waals surface area contributed by atoms with Gasteiger partial charge in [-0.25, -0.2) is 0 Å². The van der Waals surface area contributed by atoms with Gasteiger partial charge in [0.2, 0.25) is 5.91 Å². The number of hydrogen-bond acceptors (Lipinski definition) is 6. The van der Waals surface area contributed by atoms with Crippen LogP contribution in [0.2, 0.25) is 0 Å². The van der Waals surface area contributed by atoms with Crippen molar-refractivity contribution in [1.82, 2.24) is 15.1 Å². The molecule has 1 amide bonds. The number of aliphatic hydroxyl groups excluding tert-OH is 1. The zero-order valence-corrected chi connectivity index (χ0v) is 16.2. The summed E-state index contributed by atoms with van der Waals surface area (Å²) in [6.45, 7) is 6.09. The number of nitrogens with one attached hydrogen (secondary N) is 1. The van der Waals surface area contributed by atoms with E-state index in [1.165, 1.54) is 12.8 Å². The number of hydrogen-bond donors (Lipinski definition) is 2. The van der Waals surface area contributed by atoms with E-state index < -0.39 is 6.10 Å². The van der Waals surface area contributed by atoms with Crippen LogP contribution < -0.4 is 14.8 Å². The van der Waals surface area contributed by atoms with E-state index in [1.807, 2.05) is 18.2 Å². The summed E-state index contributed by atoms with van der Waals surface area (Å²) in [7, 11) is 1.63. The lowest BCUT2D eigenvalue weighted by Gasteiger charge is -2.21. The lowest BCUT2D eigenvalue weighted by molar-refractivity contribution is -0.120. The molecule has 150 valence electrons. The van der Waals surface area contributed by atoms with Gasteiger partial charge >= 0.3 is 0 Å². The molecule has 0 spiro atoms. The minimum Gasteiger partial charge on any atom is -0.493 e. The molecule has 2 saturated heterocycles. The highest BCUT2D eigenvalue weighted by Crippen LogP contribution is 2.29. The maximum Gasteiger partial charge on any atom is 0.221 e. The molecule has 1 aromatic rings. The van der Waals surface area contributed by atoms with E-state index in [9.17, 15) is 9.90 Å². The topological polar surface area (TPSA) is 74.3 Å². The van der Waals surface area contributed by atoms with Crippen molar-refractivity contribution in [3.63, 3.8) is 0 Å². The van der Waals surface area contributed by atoms with Crippen LogP contribution in [0.1, 0.15) is 24.8 Å². The Morgan fingerprint density at radius 2 is 1.96 bits per heavy atom. The van der Waals surface area contributed by atoms with Crippen LogP contribution in [0, 0.1) is 0 Å². The van der Waals surface area contributed by atoms with E-state index >= 15 is 0 Å². The van der Waals surface area contributed by atoms with Crippen molar-refractivity contribution in [3.8, 4) is 11.5 Å². The maximum atomic E-state index is 11.5. The highest BCUT2D eigenvalue weighted by molar-refractivity contribution is 5.76. The quantitative estimate of drug-likeness (QED) is 0.700. The molecule has 2 aliphatic rings. The summed E-state index contributed by atoms with van der Waals surface area (Å²) in [5, 5.41) is 13.1. The summed E-state index contributed by atoms with van der Waals surface area (Å²) >= 11 is 0. The zero-order valence-electron chi connectivity index (χ0n) is 16.2. The van der Waals surface area contributed by atoms with Crippen molar-refractivity contribution in [3.05, 3.63) is 23.8 Å². The Morgan fingerprint density at radius 3 is 2.74 bits per heavy atom. The summed E-state index contributed by atoms with van der Waals surface area (Å²) in [5.41, 5.74) is 1.12. The first-order chi connectivity index (χ1) is 13.1. The molecule has 1 aromatic carbocycles. The minimum absolute atomic E-state index is 0.117. The molecule has 0 saturated carbocycles. The van der Waals surface area contributed by atoms with Crippen LogP contribution in [0.25, 0.3) is 0 Å². The Balaban J connectivity index is 1.52. The van der Waals surface area contributed by atoms with Crippen LogP contribution in [-0.4, -0.2) is 79.9 Å². The normalized spacial score (nSPS) is 20.1. The summed E-state index contributed by atoms with van der Waals surface area (Å²) in [6.07, 6.45) is 2.45. The number of amides is 1. The van der Waals surface area contributed by atoms with E-state index in [2.05, 4.69) is 15.1 Å². The Hall–Kier alpha value is -1.83. The molecule has 7 heteroatoms. The molecule has 0 radical (unpaired) electrons. The number of rotatable bonds is 8. The molecular formula is C20H31N3O4. The molecule has 2 N–H and O–H groups in total. The van der Waals surface area contributed by atoms with E-state index in [0.717, 1.165) is 38.3 Å². The average Bonchev–Trinajstić information content (AvgIpc) is 3.09. The molecule has 7 nitrogen and oxygen atoms in total. The highest BCUT2D eigenvalue weighted by atomic mass is 16.5. The second-order valence-corrected chi connectivity index (χ2v) is 7.33. The molecule has 0 aromatic heterocycles. The first kappa shape index (κ1) is 19.9. The average molecular weight is 377 g/mol. The van der Waals surface area contributed by atoms with Crippen LogP contribution in [-0.2, 0) is 11.3 Å². The Morgan fingerprint density at radius 1 is 1.15 bits per heavy atom. The molecule has 2 fully saturated rings. The number of methoxy groups -OCH3 is 1. The van der Waals surface area contributed by atoms with Crippen LogP contribution in [0.4, 0.5) is 0 Å². The van der Waals surface area contributed by atoms with Crippen molar-refractivity contribution >= 4 is 5.91 Å². The second kappa shape index (κ2) is 9.92. The van der Waals surface area contributed by atoms with Crippen molar-refractivity contribution in [1.29, 1.82) is 0 Å². The fourth-order valence-corrected chi connectivity index (χ4v) is 3.66. The third-order valence-corrected chi connectivity index (χ3v) is 5.14. The molecule has 1 atom stereocenters. The van der Waals surface area contributed by atoms with E-state index in [1.54, 1.807) is 7.11 Å². The summed E-state index contributed by atoms with van der Waals surface area (Å²) in [5.74, 6) is 1.44. The fourth-order valence-electron chi connectivity index (χ4n) is 3.66. The lowest BCUT2D eigenvalue weighted by Crippen LogP contribution is -2.33. The SMILES string of the molecule is COc1cc(CN2CCNC(=O)CC2)ccc1OC[C@@H](O)CN1CCCC1. The molecular weight excluding hydrogens is 346 g/mol. The predicted octanol–water partition coefficient (Wildman–Crippen LogP) is 0.853. The smallest absolute Gasteiger partial charge is 0.221 e. The van der Waals surface area contributed by atoms with Crippen LogP contribution in [0.5, 0.6) is 11.5 Å². The van der Waals surface area contributed by atoms with Gasteiger partial charge in [-0.15, -0.1) is 0 Å². The number of benzene rings is 1. The number of β-amino-alcohol motifs (C(OH)–C–C–N with tert-alkyl or cyclic N) is 1. The first-order valence-corrected chi connectivity index (χ1v) is 9.83. The van der Waals surface area contributed by atoms with E-state index in [0.29, 0.717) is 31.0 Å². The molecule has 3 rings (SSSR count). The van der Waals surface area contributed by atoms with Gasteiger partial charge in [0.05, 0.1) is 7.11 Å². The summed E-state index contributed by atoms with van der Waals surface area (Å²) < 4.78 is 11.3. The molecule has 27 heavy (non-hydrogen) atoms. The Kier molecular flexibility index (Phi) is 7.32. The third-order valence-electron chi connectivity index (χ3n) is 5.14. The Bertz CT molecular complexity index is 619. The van der Waals surface area contributed by atoms with Crippen LogP contribution >= 0.6 is 0 Å². The summed E-state index contributed by atoms with van der Waals surface area (Å²) in [6, 6.07) is 5.89. The van der Waals surface area contributed by atoms with Gasteiger partial charge < -0.3 is 24.8 Å². The van der Waals surface area contributed by atoms with Crippen molar-refractivity contribution in [2.45, 2.75) is 31.9 Å². The Labute approximate surface area is 161 Å². The lowest BCUT2D eigenvalue weighted by atomic mass is 10.2. The van der Waals surface area contributed by atoms with Gasteiger partial charge in [0.25, 0.3) is 0 Å². The fraction of sp³-hybridized carbons (Fsp3) is 0.650. The number of ether oxygens (including phenoxy) is 2. The van der Waals surface area contributed by atoms with E-state index in [-0.39, 0.29) is 12.5 Å². The number of aliphatic hydroxyl groups is 1. The number of carbonyl (C=O) groups excluding carboxylic acids is 1. The van der Waals surface area contributed by atoms with Crippen LogP contribution in [0.3, 0.4) is 0 Å². The minimum atomic E-state index is -0.505. The largest absolute Gasteiger partial charge is 0.493 e. The van der Waals surface area contributed by atoms with Gasteiger partial charge in [-0.05, 0) is 43.6 Å². The number of nitrogens with zero attached hydrogens (tertiary/aromatic N) is 2. The molecule has 0 aliphatic carbocycles. The number of likely N-dealkylation sites (tertiary alicyclic amines) is 1. The van der Waals surface area contributed by atoms with Gasteiger partial charge in [-0.2, -0.15) is 0 Å². The van der Waals surface area contributed by atoms with Gasteiger partial charge in [0.1, 0.15) is 12.7 Å². The standard InChI is InChI=1S/C20H31N3O4/c1-26-19-12-16(13-23-10-6-20(25)21-7-11-23)4-5-18(19)27-15-17(24)14-22-8-2-3-9-22/h4-5,12,17,24H,2-3,6-11,13-15H2,1H3,(H,21,25)/t17-/m0/s1. The highest BCUT2D eigenvalue weighted by Gasteiger charge is 2.18. The van der Waals surface area contributed by atoms with Crippen molar-refractivity contribution in [2.75, 3.05) is 53.0 Å². The summed E-state index contributed by atoms with van der Waals surface area (Å²) in [4.78, 5) is 16.0. The van der Waals surface area contributed by atoms with Gasteiger partial charge in [0, 0.05) is 39.1 Å². The molecule has 0 unspecified atom stereocenters. The monoisotopic (exact) mass is 377 g/mol. The van der Waals surface area contributed by atoms with Gasteiger partial charge in [-0.3, -0.25) is 9.69 Å². The van der Waals surface area contributed by atoms with E-state index in [4.69, 9.17) is 9.47 Å². The second-order valence-electron chi connectivity index (χ2n) is 7.33. The van der Waals surface area contributed by atoms with Crippen molar-refractivity contribution in [2.24, 2.45) is 0 Å². The molecule has 2 heterocycles. The number of carbonyl (C=O) groups is 1. The molecule has 2 aliphatic heterocycles. The zero-order chi connectivity index (χ0) is 19.1. The van der Waals surface area contributed by atoms with Gasteiger partial charge in [0.15, 0.2) is 11.5 Å². The predicted molar refractivity (Wildman–Crippen MR) is 103 cm³/mol. The third kappa shape index (κ3) is 6.09. The van der Waals surface area contributed by atoms with Crippen molar-refractivity contribution < 1.29 is 19.4 Å². The van der Waals surface area contributed by atoms with Crippen LogP contribution in [0.15, 0.2) is 18.2 Å². The molecule has 0 bridgehead atoms. The first-order valence-electron chi connectivity index (χ1n) is 9.83. The maximum absolute atomic E-state index is 11.5.